The maximum atomic E-state index is 6.27. The average Bonchev–Trinajstić information content (AvgIpc) is 2.65. The van der Waals surface area contributed by atoms with Gasteiger partial charge in [0.2, 0.25) is 0 Å². The summed E-state index contributed by atoms with van der Waals surface area (Å²) < 4.78 is 17.2. The van der Waals surface area contributed by atoms with Gasteiger partial charge in [-0.1, -0.05) is 13.8 Å². The van der Waals surface area contributed by atoms with Crippen LogP contribution in [-0.2, 0) is 4.74 Å². The largest absolute Gasteiger partial charge is 0.496 e. The molecule has 0 saturated carbocycles. The second kappa shape index (κ2) is 8.00. The van der Waals surface area contributed by atoms with Crippen LogP contribution in [0.5, 0.6) is 17.2 Å². The molecule has 1 heterocycles. The summed E-state index contributed by atoms with van der Waals surface area (Å²) in [6, 6.07) is 10.5. The van der Waals surface area contributed by atoms with Gasteiger partial charge < -0.3 is 19.1 Å². The summed E-state index contributed by atoms with van der Waals surface area (Å²) in [6.07, 6.45) is 0. The van der Waals surface area contributed by atoms with Gasteiger partial charge >= 0.3 is 0 Å². The van der Waals surface area contributed by atoms with E-state index in [4.69, 9.17) is 14.2 Å². The molecule has 1 aliphatic heterocycles. The minimum absolute atomic E-state index is 0.374. The molecule has 0 atom stereocenters. The Bertz CT molecular complexity index is 741. The highest BCUT2D eigenvalue weighted by atomic mass is 16.5. The van der Waals surface area contributed by atoms with Crippen molar-refractivity contribution in [2.45, 2.75) is 33.6 Å². The molecule has 0 amide bonds. The van der Waals surface area contributed by atoms with Crippen molar-refractivity contribution < 1.29 is 14.2 Å². The van der Waals surface area contributed by atoms with E-state index in [-0.39, 0.29) is 0 Å². The zero-order valence-electron chi connectivity index (χ0n) is 16.5. The summed E-state index contributed by atoms with van der Waals surface area (Å²) in [5.41, 5.74) is 4.69. The topological polar surface area (TPSA) is 30.9 Å². The Morgan fingerprint density at radius 2 is 1.65 bits per heavy atom. The third-order valence-electron chi connectivity index (χ3n) is 4.86. The summed E-state index contributed by atoms with van der Waals surface area (Å²) in [6.45, 7) is 12.0. The molecule has 4 heteroatoms. The van der Waals surface area contributed by atoms with Gasteiger partial charge in [0.1, 0.15) is 17.2 Å². The Hall–Kier alpha value is -2.20. The van der Waals surface area contributed by atoms with Crippen molar-refractivity contribution in [2.24, 2.45) is 0 Å². The van der Waals surface area contributed by atoms with Crippen molar-refractivity contribution in [3.8, 4) is 17.2 Å². The number of nitrogens with zero attached hydrogens (tertiary/aromatic N) is 1. The first-order chi connectivity index (χ1) is 12.5. The van der Waals surface area contributed by atoms with E-state index in [0.717, 1.165) is 60.2 Å². The van der Waals surface area contributed by atoms with Gasteiger partial charge in [-0.25, -0.2) is 0 Å². The number of hydrogen-bond acceptors (Lipinski definition) is 4. The lowest BCUT2D eigenvalue weighted by Crippen LogP contribution is -2.36. The van der Waals surface area contributed by atoms with E-state index in [2.05, 4.69) is 50.8 Å². The van der Waals surface area contributed by atoms with Crippen LogP contribution in [0.1, 0.15) is 36.5 Å². The lowest BCUT2D eigenvalue weighted by Gasteiger charge is -2.30. The molecule has 140 valence electrons. The number of hydrogen-bond donors (Lipinski definition) is 0. The first-order valence-corrected chi connectivity index (χ1v) is 9.29. The van der Waals surface area contributed by atoms with Crippen LogP contribution in [0, 0.1) is 13.8 Å². The summed E-state index contributed by atoms with van der Waals surface area (Å²) in [5.74, 6) is 3.06. The van der Waals surface area contributed by atoms with Crippen molar-refractivity contribution in [1.82, 2.24) is 0 Å². The van der Waals surface area contributed by atoms with Crippen LogP contribution < -0.4 is 14.4 Å². The van der Waals surface area contributed by atoms with Crippen LogP contribution in [-0.4, -0.2) is 33.4 Å². The molecule has 0 radical (unpaired) electrons. The molecule has 0 bridgehead atoms. The Balaban J connectivity index is 1.87. The summed E-state index contributed by atoms with van der Waals surface area (Å²) >= 11 is 0. The molecule has 1 fully saturated rings. The minimum Gasteiger partial charge on any atom is -0.496 e. The predicted octanol–water partition coefficient (Wildman–Crippen LogP) is 5.06. The number of rotatable bonds is 5. The second-order valence-electron chi connectivity index (χ2n) is 7.17. The lowest BCUT2D eigenvalue weighted by atomic mass is 10.0. The highest BCUT2D eigenvalue weighted by Gasteiger charge is 2.16. The van der Waals surface area contributed by atoms with Gasteiger partial charge in [-0.2, -0.15) is 0 Å². The fraction of sp³-hybridized carbons (Fsp3) is 0.455. The van der Waals surface area contributed by atoms with E-state index in [1.165, 1.54) is 5.69 Å². The quantitative estimate of drug-likeness (QED) is 0.750. The maximum absolute atomic E-state index is 6.27. The third-order valence-corrected chi connectivity index (χ3v) is 4.86. The first-order valence-electron chi connectivity index (χ1n) is 9.29. The molecule has 1 aliphatic rings. The van der Waals surface area contributed by atoms with E-state index in [0.29, 0.717) is 5.92 Å². The molecule has 26 heavy (non-hydrogen) atoms. The monoisotopic (exact) mass is 355 g/mol. The molecule has 0 aromatic heterocycles. The number of benzene rings is 2. The van der Waals surface area contributed by atoms with Crippen molar-refractivity contribution >= 4 is 5.69 Å². The maximum Gasteiger partial charge on any atom is 0.133 e. The molecule has 1 saturated heterocycles. The van der Waals surface area contributed by atoms with Crippen LogP contribution in [0.2, 0.25) is 0 Å². The smallest absolute Gasteiger partial charge is 0.133 e. The Labute approximate surface area is 156 Å². The van der Waals surface area contributed by atoms with Gasteiger partial charge in [0, 0.05) is 24.3 Å². The van der Waals surface area contributed by atoms with Gasteiger partial charge in [0.15, 0.2) is 0 Å². The van der Waals surface area contributed by atoms with Crippen LogP contribution in [0.25, 0.3) is 0 Å². The number of anilines is 1. The van der Waals surface area contributed by atoms with Gasteiger partial charge in [-0.15, -0.1) is 0 Å². The zero-order chi connectivity index (χ0) is 18.7. The number of morpholine rings is 1. The fourth-order valence-electron chi connectivity index (χ4n) is 3.44. The van der Waals surface area contributed by atoms with Crippen LogP contribution in [0.15, 0.2) is 30.3 Å². The van der Waals surface area contributed by atoms with Gasteiger partial charge in [0.05, 0.1) is 20.3 Å². The third kappa shape index (κ3) is 3.96. The molecule has 2 aromatic carbocycles. The van der Waals surface area contributed by atoms with Gasteiger partial charge in [-0.05, 0) is 61.2 Å². The van der Waals surface area contributed by atoms with Gasteiger partial charge in [-0.3, -0.25) is 0 Å². The van der Waals surface area contributed by atoms with Crippen molar-refractivity contribution in [3.05, 3.63) is 47.0 Å². The van der Waals surface area contributed by atoms with Crippen molar-refractivity contribution in [3.63, 3.8) is 0 Å². The van der Waals surface area contributed by atoms with Gasteiger partial charge in [0.25, 0.3) is 0 Å². The zero-order valence-corrected chi connectivity index (χ0v) is 16.5. The summed E-state index contributed by atoms with van der Waals surface area (Å²) in [7, 11) is 1.71. The highest BCUT2D eigenvalue weighted by molar-refractivity contribution is 5.58. The molecule has 0 N–H and O–H groups in total. The van der Waals surface area contributed by atoms with Crippen LogP contribution >= 0.6 is 0 Å². The molecule has 0 aliphatic carbocycles. The molecule has 2 aromatic rings. The Morgan fingerprint density at radius 3 is 2.23 bits per heavy atom. The highest BCUT2D eigenvalue weighted by Crippen LogP contribution is 2.36. The standard InChI is InChI=1S/C22H29NO3/c1-15(2)20-14-19(6-7-21(20)24-5)26-22-16(3)12-18(13-17(22)4)23-8-10-25-11-9-23/h6-7,12-15H,8-11H2,1-5H3. The van der Waals surface area contributed by atoms with E-state index in [1.807, 2.05) is 12.1 Å². The molecule has 4 nitrogen and oxygen atoms in total. The van der Waals surface area contributed by atoms with Crippen LogP contribution in [0.4, 0.5) is 5.69 Å². The van der Waals surface area contributed by atoms with Crippen molar-refractivity contribution in [1.29, 1.82) is 0 Å². The van der Waals surface area contributed by atoms with Crippen LogP contribution in [0.3, 0.4) is 0 Å². The molecule has 3 rings (SSSR count). The molecular weight excluding hydrogens is 326 g/mol. The SMILES string of the molecule is COc1ccc(Oc2c(C)cc(N3CCOCC3)cc2C)cc1C(C)C. The summed E-state index contributed by atoms with van der Waals surface area (Å²) in [5, 5.41) is 0. The Morgan fingerprint density at radius 1 is 1.00 bits per heavy atom. The average molecular weight is 355 g/mol. The molecule has 0 spiro atoms. The number of ether oxygens (including phenoxy) is 3. The molecular formula is C22H29NO3. The lowest BCUT2D eigenvalue weighted by molar-refractivity contribution is 0.122. The minimum atomic E-state index is 0.374. The fourth-order valence-corrected chi connectivity index (χ4v) is 3.44. The first kappa shape index (κ1) is 18.6. The second-order valence-corrected chi connectivity index (χ2v) is 7.17. The molecule has 0 unspecified atom stereocenters. The van der Waals surface area contributed by atoms with E-state index in [9.17, 15) is 0 Å². The van der Waals surface area contributed by atoms with E-state index < -0.39 is 0 Å². The Kier molecular flexibility index (Phi) is 5.72. The summed E-state index contributed by atoms with van der Waals surface area (Å²) in [4.78, 5) is 2.37. The number of methoxy groups -OCH3 is 1. The normalized spacial score (nSPS) is 14.6. The van der Waals surface area contributed by atoms with E-state index >= 15 is 0 Å². The van der Waals surface area contributed by atoms with E-state index in [1.54, 1.807) is 7.11 Å². The number of aryl methyl sites for hydroxylation is 2. The predicted molar refractivity (Wildman–Crippen MR) is 106 cm³/mol. The van der Waals surface area contributed by atoms with Crippen molar-refractivity contribution in [2.75, 3.05) is 38.3 Å².